The van der Waals surface area contributed by atoms with Crippen molar-refractivity contribution in [3.63, 3.8) is 0 Å². The number of nitrogens with one attached hydrogen (secondary N) is 1. The predicted octanol–water partition coefficient (Wildman–Crippen LogP) is 2.68. The fourth-order valence-electron chi connectivity index (χ4n) is 3.04. The molecule has 6 heteroatoms. The van der Waals surface area contributed by atoms with Gasteiger partial charge in [0, 0.05) is 6.54 Å². The van der Waals surface area contributed by atoms with Crippen LogP contribution >= 0.6 is 0 Å². The fourth-order valence-corrected chi connectivity index (χ4v) is 3.04. The van der Waals surface area contributed by atoms with Crippen molar-refractivity contribution in [2.45, 2.75) is 32.1 Å². The molecule has 2 atom stereocenters. The summed E-state index contributed by atoms with van der Waals surface area (Å²) in [7, 11) is 0. The summed E-state index contributed by atoms with van der Waals surface area (Å²) in [6.07, 6.45) is -4.02. The normalized spacial score (nSPS) is 19.2. The summed E-state index contributed by atoms with van der Waals surface area (Å²) in [4.78, 5) is 12.5. The molecule has 1 aliphatic heterocycles. The van der Waals surface area contributed by atoms with Crippen molar-refractivity contribution in [3.8, 4) is 5.75 Å². The summed E-state index contributed by atoms with van der Waals surface area (Å²) in [5.41, 5.74) is 2.19. The van der Waals surface area contributed by atoms with Gasteiger partial charge < -0.3 is 15.2 Å². The smallest absolute Gasteiger partial charge is 0.275 e. The van der Waals surface area contributed by atoms with Gasteiger partial charge in [0.1, 0.15) is 5.75 Å². The second kappa shape index (κ2) is 7.61. The Labute approximate surface area is 144 Å². The van der Waals surface area contributed by atoms with Crippen molar-refractivity contribution in [1.29, 1.82) is 0 Å². The molecule has 1 amide bonds. The van der Waals surface area contributed by atoms with Crippen molar-refractivity contribution in [1.82, 2.24) is 5.32 Å². The first-order chi connectivity index (χ1) is 12.1. The molecule has 0 aromatic heterocycles. The van der Waals surface area contributed by atoms with E-state index in [9.17, 15) is 18.7 Å². The number of amides is 1. The number of rotatable bonds is 5. The van der Waals surface area contributed by atoms with Crippen molar-refractivity contribution in [2.75, 3.05) is 0 Å². The van der Waals surface area contributed by atoms with Gasteiger partial charge in [-0.25, -0.2) is 8.78 Å². The van der Waals surface area contributed by atoms with Crippen LogP contribution in [0.15, 0.2) is 48.5 Å². The second-order valence-corrected chi connectivity index (χ2v) is 5.98. The maximum absolute atomic E-state index is 13.4. The van der Waals surface area contributed by atoms with Crippen LogP contribution < -0.4 is 10.1 Å². The summed E-state index contributed by atoms with van der Waals surface area (Å²) in [6, 6.07) is 14.0. The van der Waals surface area contributed by atoms with Gasteiger partial charge in [0.25, 0.3) is 6.43 Å². The lowest BCUT2D eigenvalue weighted by Gasteiger charge is -2.32. The van der Waals surface area contributed by atoms with Crippen LogP contribution in [0.1, 0.15) is 16.7 Å². The molecule has 2 N–H and O–H groups in total. The number of carbonyl (C=O) groups is 1. The minimum atomic E-state index is -2.76. The first-order valence-corrected chi connectivity index (χ1v) is 8.08. The molecule has 0 fully saturated rings. The third-order valence-electron chi connectivity index (χ3n) is 4.40. The van der Waals surface area contributed by atoms with E-state index in [2.05, 4.69) is 5.32 Å². The zero-order valence-corrected chi connectivity index (χ0v) is 13.5. The number of ether oxygens (including phenoxy) is 1. The number of benzene rings is 2. The Balaban J connectivity index is 1.74. The van der Waals surface area contributed by atoms with Gasteiger partial charge >= 0.3 is 0 Å². The minimum Gasteiger partial charge on any atom is -0.483 e. The Hall–Kier alpha value is -2.47. The average molecular weight is 347 g/mol. The summed E-state index contributed by atoms with van der Waals surface area (Å²) < 4.78 is 32.1. The Kier molecular flexibility index (Phi) is 5.28. The van der Waals surface area contributed by atoms with E-state index < -0.39 is 24.4 Å². The third-order valence-corrected chi connectivity index (χ3v) is 4.40. The molecule has 1 heterocycles. The SMILES string of the molecule is O=C(NCc1ccccc1CO)[C@@H]1Cc2ccccc2O[C@H]1C(F)F. The lowest BCUT2D eigenvalue weighted by Crippen LogP contribution is -2.47. The molecule has 132 valence electrons. The van der Waals surface area contributed by atoms with Gasteiger partial charge in [0.05, 0.1) is 12.5 Å². The Morgan fingerprint density at radius 1 is 1.16 bits per heavy atom. The molecular formula is C19H19F2NO3. The van der Waals surface area contributed by atoms with Gasteiger partial charge in [-0.2, -0.15) is 0 Å². The second-order valence-electron chi connectivity index (χ2n) is 5.98. The molecule has 1 aliphatic rings. The molecule has 0 unspecified atom stereocenters. The van der Waals surface area contributed by atoms with Crippen molar-refractivity contribution in [2.24, 2.45) is 5.92 Å². The molecular weight excluding hydrogens is 328 g/mol. The lowest BCUT2D eigenvalue weighted by molar-refractivity contribution is -0.133. The van der Waals surface area contributed by atoms with Gasteiger partial charge in [-0.15, -0.1) is 0 Å². The van der Waals surface area contributed by atoms with E-state index >= 15 is 0 Å². The topological polar surface area (TPSA) is 58.6 Å². The van der Waals surface area contributed by atoms with E-state index in [-0.39, 0.29) is 19.6 Å². The molecule has 0 aliphatic carbocycles. The van der Waals surface area contributed by atoms with Crippen LogP contribution in [0.2, 0.25) is 0 Å². The summed E-state index contributed by atoms with van der Waals surface area (Å²) in [6.45, 7) is 0.0231. The van der Waals surface area contributed by atoms with E-state index in [0.29, 0.717) is 11.3 Å². The van der Waals surface area contributed by atoms with E-state index in [1.807, 2.05) is 0 Å². The standard InChI is InChI=1S/C19H19F2NO3/c20-18(21)17-15(9-12-5-3-4-8-16(12)25-17)19(24)22-10-13-6-1-2-7-14(13)11-23/h1-8,15,17-18,23H,9-11H2,(H,22,24)/t15-,17-/m1/s1. The lowest BCUT2D eigenvalue weighted by atomic mass is 9.89. The van der Waals surface area contributed by atoms with Crippen LogP contribution in [0.4, 0.5) is 8.78 Å². The molecule has 0 radical (unpaired) electrons. The summed E-state index contributed by atoms with van der Waals surface area (Å²) in [5.74, 6) is -1.04. The predicted molar refractivity (Wildman–Crippen MR) is 88.3 cm³/mol. The van der Waals surface area contributed by atoms with Crippen molar-refractivity contribution in [3.05, 3.63) is 65.2 Å². The zero-order valence-electron chi connectivity index (χ0n) is 13.5. The Bertz CT molecular complexity index is 751. The van der Waals surface area contributed by atoms with E-state index in [1.165, 1.54) is 0 Å². The molecule has 2 aromatic carbocycles. The number of hydrogen-bond donors (Lipinski definition) is 2. The highest BCUT2D eigenvalue weighted by Crippen LogP contribution is 2.33. The van der Waals surface area contributed by atoms with Crippen LogP contribution in [-0.4, -0.2) is 23.5 Å². The number of alkyl halides is 2. The number of halogens is 2. The van der Waals surface area contributed by atoms with E-state index in [1.54, 1.807) is 48.5 Å². The quantitative estimate of drug-likeness (QED) is 0.874. The average Bonchev–Trinajstić information content (AvgIpc) is 2.65. The Morgan fingerprint density at radius 3 is 2.56 bits per heavy atom. The summed E-state index contributed by atoms with van der Waals surface area (Å²) in [5, 5.41) is 12.0. The number of hydrogen-bond acceptors (Lipinski definition) is 3. The molecule has 0 bridgehead atoms. The molecule has 25 heavy (non-hydrogen) atoms. The van der Waals surface area contributed by atoms with Crippen LogP contribution in [0.25, 0.3) is 0 Å². The van der Waals surface area contributed by atoms with Crippen LogP contribution in [0, 0.1) is 5.92 Å². The van der Waals surface area contributed by atoms with Gasteiger partial charge in [0.2, 0.25) is 5.91 Å². The van der Waals surface area contributed by atoms with Crippen LogP contribution in [0.3, 0.4) is 0 Å². The highest BCUT2D eigenvalue weighted by molar-refractivity contribution is 5.80. The Morgan fingerprint density at radius 2 is 1.84 bits per heavy atom. The maximum Gasteiger partial charge on any atom is 0.275 e. The first kappa shape index (κ1) is 17.4. The van der Waals surface area contributed by atoms with Crippen LogP contribution in [0.5, 0.6) is 5.75 Å². The number of aliphatic hydroxyl groups is 1. The third kappa shape index (κ3) is 3.79. The van der Waals surface area contributed by atoms with Gasteiger partial charge in [0.15, 0.2) is 6.10 Å². The highest BCUT2D eigenvalue weighted by Gasteiger charge is 2.40. The number of aliphatic hydroxyl groups excluding tert-OH is 1. The van der Waals surface area contributed by atoms with E-state index in [4.69, 9.17) is 4.74 Å². The maximum atomic E-state index is 13.4. The van der Waals surface area contributed by atoms with Crippen molar-refractivity contribution >= 4 is 5.91 Å². The molecule has 0 saturated carbocycles. The van der Waals surface area contributed by atoms with Gasteiger partial charge in [-0.1, -0.05) is 42.5 Å². The van der Waals surface area contributed by atoms with Crippen LogP contribution in [-0.2, 0) is 24.4 Å². The van der Waals surface area contributed by atoms with Crippen molar-refractivity contribution < 1.29 is 23.4 Å². The van der Waals surface area contributed by atoms with Gasteiger partial charge in [-0.05, 0) is 29.2 Å². The number of para-hydroxylation sites is 1. The first-order valence-electron chi connectivity index (χ1n) is 8.08. The molecule has 4 nitrogen and oxygen atoms in total. The highest BCUT2D eigenvalue weighted by atomic mass is 19.3. The summed E-state index contributed by atoms with van der Waals surface area (Å²) >= 11 is 0. The largest absolute Gasteiger partial charge is 0.483 e. The molecule has 0 spiro atoms. The molecule has 3 rings (SSSR count). The fraction of sp³-hybridized carbons (Fsp3) is 0.316. The minimum absolute atomic E-state index is 0.147. The van der Waals surface area contributed by atoms with Gasteiger partial charge in [-0.3, -0.25) is 4.79 Å². The zero-order chi connectivity index (χ0) is 17.8. The molecule has 2 aromatic rings. The number of fused-ring (bicyclic) bond motifs is 1. The van der Waals surface area contributed by atoms with E-state index in [0.717, 1.165) is 11.1 Å². The monoisotopic (exact) mass is 347 g/mol. The molecule has 0 saturated heterocycles. The number of carbonyl (C=O) groups excluding carboxylic acids is 1.